The van der Waals surface area contributed by atoms with Crippen LogP contribution in [0.3, 0.4) is 0 Å². The highest BCUT2D eigenvalue weighted by atomic mass is 19.2. The van der Waals surface area contributed by atoms with Crippen molar-refractivity contribution in [2.45, 2.75) is 24.3 Å². The molecule has 3 aromatic rings. The highest BCUT2D eigenvalue weighted by molar-refractivity contribution is 6.07. The molecular formula is C23H20F2N4O2. The number of para-hydroxylation sites is 1. The third kappa shape index (κ3) is 2.78. The van der Waals surface area contributed by atoms with Gasteiger partial charge in [0.1, 0.15) is 17.3 Å². The van der Waals surface area contributed by atoms with Crippen LogP contribution in [0.5, 0.6) is 0 Å². The fraction of sp³-hybridized carbons (Fsp3) is 0.261. The van der Waals surface area contributed by atoms with Crippen LogP contribution in [-0.4, -0.2) is 32.8 Å². The van der Waals surface area contributed by atoms with Crippen molar-refractivity contribution in [3.63, 3.8) is 0 Å². The van der Waals surface area contributed by atoms with Gasteiger partial charge in [0.05, 0.1) is 6.42 Å². The average molecular weight is 422 g/mol. The summed E-state index contributed by atoms with van der Waals surface area (Å²) in [6, 6.07) is 10.6. The number of likely N-dealkylation sites (tertiary alicyclic amines) is 1. The Labute approximate surface area is 177 Å². The molecule has 3 heterocycles. The third-order valence-electron chi connectivity index (χ3n) is 6.38. The third-order valence-corrected chi connectivity index (χ3v) is 6.38. The van der Waals surface area contributed by atoms with Crippen LogP contribution in [0.4, 0.5) is 14.5 Å². The van der Waals surface area contributed by atoms with Gasteiger partial charge in [0.15, 0.2) is 11.6 Å². The van der Waals surface area contributed by atoms with Crippen LogP contribution >= 0.6 is 0 Å². The van der Waals surface area contributed by atoms with E-state index >= 15 is 0 Å². The number of aromatic nitrogens is 2. The number of hydrogen-bond acceptors (Lipinski definition) is 3. The lowest BCUT2D eigenvalue weighted by atomic mass is 9.74. The molecule has 6 nitrogen and oxygen atoms in total. The smallest absolute Gasteiger partial charge is 0.237 e. The summed E-state index contributed by atoms with van der Waals surface area (Å²) < 4.78 is 29.6. The number of imidazole rings is 1. The van der Waals surface area contributed by atoms with Crippen LogP contribution in [0, 0.1) is 11.6 Å². The van der Waals surface area contributed by atoms with Crippen molar-refractivity contribution in [3.05, 3.63) is 83.4 Å². The van der Waals surface area contributed by atoms with E-state index < -0.39 is 23.1 Å². The molecule has 8 heteroatoms. The van der Waals surface area contributed by atoms with E-state index in [9.17, 15) is 18.4 Å². The molecule has 1 N–H and O–H groups in total. The number of carbonyl (C=O) groups is 2. The van der Waals surface area contributed by atoms with Gasteiger partial charge in [0.2, 0.25) is 11.8 Å². The fourth-order valence-corrected chi connectivity index (χ4v) is 4.90. The Kier molecular flexibility index (Phi) is 4.39. The zero-order valence-corrected chi connectivity index (χ0v) is 16.8. The molecule has 1 aromatic heterocycles. The first kappa shape index (κ1) is 19.4. The van der Waals surface area contributed by atoms with Crippen molar-refractivity contribution >= 4 is 17.5 Å². The van der Waals surface area contributed by atoms with E-state index in [1.54, 1.807) is 21.9 Å². The SMILES string of the molecule is Cn1ccnc1C1N(C(=O)Cc2cccc(F)c2F)CCC12C(=O)Nc1ccccc12. The first-order valence-corrected chi connectivity index (χ1v) is 10.0. The van der Waals surface area contributed by atoms with E-state index in [1.807, 2.05) is 31.3 Å². The number of aryl methyl sites for hydroxylation is 1. The zero-order valence-electron chi connectivity index (χ0n) is 16.8. The lowest BCUT2D eigenvalue weighted by Gasteiger charge is -2.33. The predicted octanol–water partition coefficient (Wildman–Crippen LogP) is 3.10. The molecule has 0 aliphatic carbocycles. The number of nitrogens with one attached hydrogen (secondary N) is 1. The van der Waals surface area contributed by atoms with Crippen LogP contribution in [0.15, 0.2) is 54.9 Å². The number of halogens is 2. The molecule has 2 aliphatic heterocycles. The second-order valence-corrected chi connectivity index (χ2v) is 8.00. The van der Waals surface area contributed by atoms with E-state index in [-0.39, 0.29) is 23.8 Å². The van der Waals surface area contributed by atoms with Crippen molar-refractivity contribution in [1.29, 1.82) is 0 Å². The van der Waals surface area contributed by atoms with E-state index in [1.165, 1.54) is 12.1 Å². The topological polar surface area (TPSA) is 67.2 Å². The maximum Gasteiger partial charge on any atom is 0.237 e. The summed E-state index contributed by atoms with van der Waals surface area (Å²) >= 11 is 0. The summed E-state index contributed by atoms with van der Waals surface area (Å²) in [5.41, 5.74) is 0.532. The van der Waals surface area contributed by atoms with Gasteiger partial charge in [-0.15, -0.1) is 0 Å². The van der Waals surface area contributed by atoms with Gasteiger partial charge < -0.3 is 14.8 Å². The van der Waals surface area contributed by atoms with Gasteiger partial charge in [0.25, 0.3) is 0 Å². The minimum Gasteiger partial charge on any atom is -0.336 e. The van der Waals surface area contributed by atoms with Gasteiger partial charge in [-0.2, -0.15) is 0 Å². The Morgan fingerprint density at radius 3 is 2.81 bits per heavy atom. The minimum atomic E-state index is -1.03. The van der Waals surface area contributed by atoms with E-state index in [4.69, 9.17) is 0 Å². The molecule has 5 rings (SSSR count). The normalized spacial score (nSPS) is 22.1. The molecule has 2 aromatic carbocycles. The molecular weight excluding hydrogens is 402 g/mol. The molecule has 0 radical (unpaired) electrons. The lowest BCUT2D eigenvalue weighted by molar-refractivity contribution is -0.133. The number of amides is 2. The molecule has 0 saturated carbocycles. The highest BCUT2D eigenvalue weighted by Crippen LogP contribution is 2.54. The van der Waals surface area contributed by atoms with Gasteiger partial charge in [-0.1, -0.05) is 30.3 Å². The average Bonchev–Trinajstić information content (AvgIpc) is 3.42. The molecule has 1 spiro atoms. The number of anilines is 1. The summed E-state index contributed by atoms with van der Waals surface area (Å²) in [7, 11) is 1.81. The molecule has 2 atom stereocenters. The number of carbonyl (C=O) groups excluding carboxylic acids is 2. The van der Waals surface area contributed by atoms with Crippen LogP contribution < -0.4 is 5.32 Å². The fourth-order valence-electron chi connectivity index (χ4n) is 4.90. The second kappa shape index (κ2) is 7.01. The molecule has 158 valence electrons. The van der Waals surface area contributed by atoms with Gasteiger partial charge in [0, 0.05) is 37.2 Å². The van der Waals surface area contributed by atoms with Crippen molar-refractivity contribution in [3.8, 4) is 0 Å². The number of benzene rings is 2. The molecule has 1 fully saturated rings. The first-order valence-electron chi connectivity index (χ1n) is 10.0. The maximum atomic E-state index is 14.2. The maximum absolute atomic E-state index is 14.2. The Bertz CT molecular complexity index is 1210. The molecule has 31 heavy (non-hydrogen) atoms. The van der Waals surface area contributed by atoms with E-state index in [2.05, 4.69) is 10.3 Å². The van der Waals surface area contributed by atoms with Crippen molar-refractivity contribution in [1.82, 2.24) is 14.5 Å². The lowest BCUT2D eigenvalue weighted by Crippen LogP contribution is -2.44. The number of hydrogen-bond donors (Lipinski definition) is 1. The van der Waals surface area contributed by atoms with Gasteiger partial charge in [-0.25, -0.2) is 13.8 Å². The van der Waals surface area contributed by atoms with Crippen molar-refractivity contribution in [2.75, 3.05) is 11.9 Å². The van der Waals surface area contributed by atoms with Gasteiger partial charge >= 0.3 is 0 Å². The molecule has 2 aliphatic rings. The zero-order chi connectivity index (χ0) is 21.8. The number of rotatable bonds is 3. The van der Waals surface area contributed by atoms with Gasteiger partial charge in [-0.05, 0) is 24.1 Å². The van der Waals surface area contributed by atoms with Crippen LogP contribution in [-0.2, 0) is 28.5 Å². The molecule has 2 amide bonds. The molecule has 0 bridgehead atoms. The largest absolute Gasteiger partial charge is 0.336 e. The summed E-state index contributed by atoms with van der Waals surface area (Å²) in [6.07, 6.45) is 3.48. The summed E-state index contributed by atoms with van der Waals surface area (Å²) in [6.45, 7) is 0.301. The molecule has 1 saturated heterocycles. The number of nitrogens with zero attached hydrogens (tertiary/aromatic N) is 3. The van der Waals surface area contributed by atoms with Crippen LogP contribution in [0.25, 0.3) is 0 Å². The van der Waals surface area contributed by atoms with Crippen LogP contribution in [0.2, 0.25) is 0 Å². The Hall–Kier alpha value is -3.55. The standard InChI is InChI=1S/C23H20F2N4O2/c1-28-12-10-26-21(28)20-23(15-6-2-3-8-17(15)27-22(23)31)9-11-29(20)18(30)13-14-5-4-7-16(24)19(14)25/h2-8,10,12,20H,9,11,13H2,1H3,(H,27,31). The predicted molar refractivity (Wildman–Crippen MR) is 109 cm³/mol. The monoisotopic (exact) mass is 422 g/mol. The van der Waals surface area contributed by atoms with E-state index in [0.29, 0.717) is 18.8 Å². The van der Waals surface area contributed by atoms with Crippen LogP contribution in [0.1, 0.15) is 29.4 Å². The summed E-state index contributed by atoms with van der Waals surface area (Å²) in [5, 5.41) is 2.94. The summed E-state index contributed by atoms with van der Waals surface area (Å²) in [4.78, 5) is 32.7. The first-order chi connectivity index (χ1) is 14.9. The van der Waals surface area contributed by atoms with Gasteiger partial charge in [-0.3, -0.25) is 9.59 Å². The van der Waals surface area contributed by atoms with E-state index in [0.717, 1.165) is 17.3 Å². The molecule has 2 unspecified atom stereocenters. The highest BCUT2D eigenvalue weighted by Gasteiger charge is 2.60. The van der Waals surface area contributed by atoms with Crippen molar-refractivity contribution in [2.24, 2.45) is 7.05 Å². The van der Waals surface area contributed by atoms with Crippen molar-refractivity contribution < 1.29 is 18.4 Å². The summed E-state index contributed by atoms with van der Waals surface area (Å²) in [5.74, 6) is -2.02. The Morgan fingerprint density at radius 2 is 2.03 bits per heavy atom. The Morgan fingerprint density at radius 1 is 1.23 bits per heavy atom. The quantitative estimate of drug-likeness (QED) is 0.705. The Balaban J connectivity index is 1.59. The minimum absolute atomic E-state index is 0.0131. The second-order valence-electron chi connectivity index (χ2n) is 8.00. The number of fused-ring (bicyclic) bond motifs is 2.